The molecule has 49 heavy (non-hydrogen) atoms. The van der Waals surface area contributed by atoms with E-state index in [4.69, 9.17) is 14.4 Å². The van der Waals surface area contributed by atoms with E-state index in [9.17, 15) is 19.0 Å². The molecule has 0 aromatic heterocycles. The Morgan fingerprint density at radius 3 is 1.45 bits per heavy atom. The first-order valence-electron chi connectivity index (χ1n) is 19.6. The first-order valence-corrected chi connectivity index (χ1v) is 21.1. The number of carbonyl (C=O) groups is 2. The number of phosphoric acid groups is 1. The van der Waals surface area contributed by atoms with E-state index in [0.29, 0.717) is 6.42 Å². The van der Waals surface area contributed by atoms with Crippen LogP contribution in [0.5, 0.6) is 0 Å². The summed E-state index contributed by atoms with van der Waals surface area (Å²) in [4.78, 5) is 44.6. The van der Waals surface area contributed by atoms with Gasteiger partial charge in [-0.2, -0.15) is 0 Å². The summed E-state index contributed by atoms with van der Waals surface area (Å²) in [5.74, 6) is -0.930. The minimum Gasteiger partial charge on any atom is -0.756 e. The predicted molar refractivity (Wildman–Crippen MR) is 196 cm³/mol. The van der Waals surface area contributed by atoms with Crippen molar-refractivity contribution in [3.8, 4) is 0 Å². The molecular formula is C39H72NaO8P. The van der Waals surface area contributed by atoms with Gasteiger partial charge < -0.3 is 23.8 Å². The van der Waals surface area contributed by atoms with Gasteiger partial charge in [-0.15, -0.1) is 0 Å². The predicted octanol–water partition coefficient (Wildman–Crippen LogP) is 8.00. The second-order valence-electron chi connectivity index (χ2n) is 13.2. The van der Waals surface area contributed by atoms with Crippen molar-refractivity contribution < 1.29 is 67.5 Å². The number of phosphoric ester groups is 1. The SMILES string of the molecule is CCCCC/C=C/C/C=C/CCCCCCCC(=O)O[C@H](COC(=O)CCCCCCCCCCCCCCCCC)COP(=O)([O-])O.[Na+]. The van der Waals surface area contributed by atoms with Crippen molar-refractivity contribution in [1.82, 2.24) is 0 Å². The average Bonchev–Trinajstić information content (AvgIpc) is 3.05. The van der Waals surface area contributed by atoms with Crippen molar-refractivity contribution in [2.75, 3.05) is 13.2 Å². The monoisotopic (exact) mass is 722 g/mol. The molecule has 0 rings (SSSR count). The Bertz CT molecular complexity index is 845. The molecule has 0 aliphatic heterocycles. The van der Waals surface area contributed by atoms with E-state index in [1.54, 1.807) is 0 Å². The zero-order valence-corrected chi connectivity index (χ0v) is 34.7. The van der Waals surface area contributed by atoms with E-state index >= 15 is 0 Å². The fourth-order valence-corrected chi connectivity index (χ4v) is 5.87. The van der Waals surface area contributed by atoms with Gasteiger partial charge in [-0.3, -0.25) is 14.2 Å². The summed E-state index contributed by atoms with van der Waals surface area (Å²) in [7, 11) is -5.00. The third-order valence-electron chi connectivity index (χ3n) is 8.47. The van der Waals surface area contributed by atoms with E-state index in [-0.39, 0.29) is 49.0 Å². The molecule has 0 aromatic carbocycles. The molecule has 0 amide bonds. The quantitative estimate of drug-likeness (QED) is 0.0227. The number of rotatable bonds is 36. The van der Waals surface area contributed by atoms with Crippen molar-refractivity contribution in [2.45, 2.75) is 200 Å². The van der Waals surface area contributed by atoms with Crippen LogP contribution in [0.15, 0.2) is 24.3 Å². The van der Waals surface area contributed by atoms with Crippen LogP contribution in [0, 0.1) is 0 Å². The molecule has 0 heterocycles. The molecule has 10 heteroatoms. The Labute approximate surface area is 322 Å². The summed E-state index contributed by atoms with van der Waals surface area (Å²) in [6, 6.07) is 0. The molecule has 0 radical (unpaired) electrons. The molecule has 0 aliphatic rings. The minimum absolute atomic E-state index is 0. The maximum Gasteiger partial charge on any atom is 1.00 e. The van der Waals surface area contributed by atoms with Crippen LogP contribution < -0.4 is 34.5 Å². The van der Waals surface area contributed by atoms with Crippen molar-refractivity contribution in [3.63, 3.8) is 0 Å². The number of carbonyl (C=O) groups excluding carboxylic acids is 2. The van der Waals surface area contributed by atoms with Gasteiger partial charge in [-0.1, -0.05) is 160 Å². The van der Waals surface area contributed by atoms with Gasteiger partial charge in [-0.25, -0.2) is 0 Å². The third-order valence-corrected chi connectivity index (χ3v) is 8.94. The molecule has 2 atom stereocenters. The third kappa shape index (κ3) is 41.8. The van der Waals surface area contributed by atoms with Gasteiger partial charge in [0.25, 0.3) is 7.82 Å². The zero-order chi connectivity index (χ0) is 35.4. The second-order valence-corrected chi connectivity index (χ2v) is 14.4. The van der Waals surface area contributed by atoms with Gasteiger partial charge in [0.15, 0.2) is 6.10 Å². The number of allylic oxidation sites excluding steroid dienone is 4. The maximum absolute atomic E-state index is 12.3. The number of hydrogen-bond acceptors (Lipinski definition) is 7. The average molecular weight is 723 g/mol. The molecular weight excluding hydrogens is 650 g/mol. The summed E-state index contributed by atoms with van der Waals surface area (Å²) in [5, 5.41) is 0. The van der Waals surface area contributed by atoms with E-state index in [0.717, 1.165) is 57.8 Å². The standard InChI is InChI=1S/C39H73O8P.Na/c1-3-5-7-9-11-13-15-17-19-21-23-25-27-29-31-33-38(40)45-35-37(36-46-48(42,43)44)47-39(41)34-32-30-28-26-24-22-20-18-16-14-12-10-8-6-4-2;/h12,14,18,20,37H,3-11,13,15-17,19,21-36H2,1-2H3,(H2,42,43,44);/q;+1/p-1/b14-12+,20-18+;/t37-;/m1./s1. The molecule has 0 aliphatic carbocycles. The Hall–Kier alpha value is -0.470. The van der Waals surface area contributed by atoms with E-state index in [2.05, 4.69) is 42.7 Å². The van der Waals surface area contributed by atoms with Crippen LogP contribution in [0.4, 0.5) is 0 Å². The van der Waals surface area contributed by atoms with Gasteiger partial charge in [0.05, 0.1) is 6.61 Å². The zero-order valence-electron chi connectivity index (χ0n) is 31.9. The van der Waals surface area contributed by atoms with Crippen molar-refractivity contribution in [1.29, 1.82) is 0 Å². The Kier molecular flexibility index (Phi) is 40.0. The van der Waals surface area contributed by atoms with Gasteiger partial charge in [-0.05, 0) is 44.9 Å². The summed E-state index contributed by atoms with van der Waals surface area (Å²) in [6.45, 7) is 3.56. The molecule has 0 aromatic rings. The second kappa shape index (κ2) is 38.8. The van der Waals surface area contributed by atoms with E-state index < -0.39 is 32.5 Å². The normalized spacial score (nSPS) is 13.4. The Balaban J connectivity index is 0. The first-order chi connectivity index (χ1) is 23.3. The molecule has 0 saturated heterocycles. The molecule has 0 fully saturated rings. The summed E-state index contributed by atoms with van der Waals surface area (Å²) < 4.78 is 26.0. The van der Waals surface area contributed by atoms with Crippen molar-refractivity contribution in [3.05, 3.63) is 24.3 Å². The van der Waals surface area contributed by atoms with Gasteiger partial charge in [0, 0.05) is 12.8 Å². The van der Waals surface area contributed by atoms with Gasteiger partial charge in [0.1, 0.15) is 6.61 Å². The molecule has 0 spiro atoms. The molecule has 0 bridgehead atoms. The number of esters is 2. The largest absolute Gasteiger partial charge is 1.00 e. The minimum atomic E-state index is -5.00. The van der Waals surface area contributed by atoms with Crippen LogP contribution in [0.3, 0.4) is 0 Å². The van der Waals surface area contributed by atoms with Crippen LogP contribution in [-0.4, -0.2) is 36.1 Å². The Morgan fingerprint density at radius 2 is 0.980 bits per heavy atom. The molecule has 1 unspecified atom stereocenters. The van der Waals surface area contributed by atoms with Crippen LogP contribution in [0.1, 0.15) is 194 Å². The van der Waals surface area contributed by atoms with E-state index in [1.165, 1.54) is 103 Å². The van der Waals surface area contributed by atoms with Crippen LogP contribution in [0.2, 0.25) is 0 Å². The summed E-state index contributed by atoms with van der Waals surface area (Å²) in [6.07, 6.45) is 38.7. The molecule has 282 valence electrons. The first kappa shape index (κ1) is 50.6. The molecule has 1 N–H and O–H groups in total. The van der Waals surface area contributed by atoms with Crippen LogP contribution >= 0.6 is 7.82 Å². The van der Waals surface area contributed by atoms with Crippen LogP contribution in [0.25, 0.3) is 0 Å². The number of hydrogen-bond donors (Lipinski definition) is 1. The fourth-order valence-electron chi connectivity index (χ4n) is 5.52. The topological polar surface area (TPSA) is 122 Å². The van der Waals surface area contributed by atoms with Crippen LogP contribution in [-0.2, 0) is 28.2 Å². The number of unbranched alkanes of at least 4 members (excludes halogenated alkanes) is 22. The van der Waals surface area contributed by atoms with Gasteiger partial charge in [0.2, 0.25) is 0 Å². The summed E-state index contributed by atoms with van der Waals surface area (Å²) in [5.41, 5.74) is 0. The number of ether oxygens (including phenoxy) is 2. The van der Waals surface area contributed by atoms with Crippen molar-refractivity contribution >= 4 is 19.8 Å². The summed E-state index contributed by atoms with van der Waals surface area (Å²) >= 11 is 0. The van der Waals surface area contributed by atoms with Gasteiger partial charge >= 0.3 is 41.5 Å². The van der Waals surface area contributed by atoms with E-state index in [1.807, 2.05) is 0 Å². The maximum atomic E-state index is 12.3. The fraction of sp³-hybridized carbons (Fsp3) is 0.846. The smallest absolute Gasteiger partial charge is 0.756 e. The van der Waals surface area contributed by atoms with Crippen molar-refractivity contribution in [2.24, 2.45) is 0 Å². The Morgan fingerprint density at radius 1 is 0.592 bits per heavy atom. The molecule has 0 saturated carbocycles. The molecule has 8 nitrogen and oxygen atoms in total.